The number of amides is 1. The Morgan fingerprint density at radius 1 is 1.04 bits per heavy atom. The third-order valence-electron chi connectivity index (χ3n) is 3.62. The third-order valence-corrected chi connectivity index (χ3v) is 5.02. The van der Waals surface area contributed by atoms with Gasteiger partial charge in [0.1, 0.15) is 5.75 Å². The normalized spacial score (nSPS) is 14.3. The number of hydrogen-bond acceptors (Lipinski definition) is 4. The smallest absolute Gasteiger partial charge is 0.406 e. The molecule has 6 nitrogen and oxygen atoms in total. The highest BCUT2D eigenvalue weighted by Gasteiger charge is 2.31. The highest BCUT2D eigenvalue weighted by molar-refractivity contribution is 7.92. The van der Waals surface area contributed by atoms with Crippen molar-refractivity contribution in [2.75, 3.05) is 10.0 Å². The fourth-order valence-electron chi connectivity index (χ4n) is 2.48. The van der Waals surface area contributed by atoms with E-state index in [1.54, 1.807) is 12.1 Å². The average molecular weight is 386 g/mol. The van der Waals surface area contributed by atoms with Gasteiger partial charge in [-0.3, -0.25) is 9.52 Å². The zero-order valence-corrected chi connectivity index (χ0v) is 13.9. The van der Waals surface area contributed by atoms with E-state index in [4.69, 9.17) is 0 Å². The zero-order valence-electron chi connectivity index (χ0n) is 13.1. The van der Waals surface area contributed by atoms with Crippen molar-refractivity contribution in [3.63, 3.8) is 0 Å². The molecule has 138 valence electrons. The van der Waals surface area contributed by atoms with Gasteiger partial charge in [0.2, 0.25) is 5.91 Å². The molecule has 10 heteroatoms. The molecule has 2 aromatic carbocycles. The summed E-state index contributed by atoms with van der Waals surface area (Å²) in [7, 11) is -3.99. The number of hydrogen-bond donors (Lipinski definition) is 2. The lowest BCUT2D eigenvalue weighted by atomic mass is 10.0. The minimum absolute atomic E-state index is 0.105. The molecule has 26 heavy (non-hydrogen) atoms. The summed E-state index contributed by atoms with van der Waals surface area (Å²) in [5.74, 6) is -0.618. The van der Waals surface area contributed by atoms with E-state index in [0.717, 1.165) is 29.8 Å². The highest BCUT2D eigenvalue weighted by atomic mass is 32.2. The van der Waals surface area contributed by atoms with E-state index >= 15 is 0 Å². The number of halogens is 3. The van der Waals surface area contributed by atoms with Crippen LogP contribution in [0, 0.1) is 0 Å². The molecule has 1 aliphatic rings. The van der Waals surface area contributed by atoms with Crippen molar-refractivity contribution in [3.05, 3.63) is 48.0 Å². The van der Waals surface area contributed by atoms with Crippen molar-refractivity contribution in [2.24, 2.45) is 0 Å². The number of benzene rings is 2. The summed E-state index contributed by atoms with van der Waals surface area (Å²) in [5.41, 5.74) is 1.70. The fourth-order valence-corrected chi connectivity index (χ4v) is 3.53. The van der Waals surface area contributed by atoms with Crippen molar-refractivity contribution < 1.29 is 31.1 Å². The molecule has 0 saturated heterocycles. The van der Waals surface area contributed by atoms with Gasteiger partial charge in [-0.15, -0.1) is 13.2 Å². The summed E-state index contributed by atoms with van der Waals surface area (Å²) in [6, 6.07) is 8.56. The van der Waals surface area contributed by atoms with E-state index in [0.29, 0.717) is 18.5 Å². The number of ether oxygens (including phenoxy) is 1. The average Bonchev–Trinajstić information content (AvgIpc) is 2.54. The topological polar surface area (TPSA) is 84.5 Å². The summed E-state index contributed by atoms with van der Waals surface area (Å²) in [6.45, 7) is 0. The van der Waals surface area contributed by atoms with E-state index in [1.165, 1.54) is 6.07 Å². The Morgan fingerprint density at radius 2 is 1.73 bits per heavy atom. The Balaban J connectivity index is 1.78. The van der Waals surface area contributed by atoms with Gasteiger partial charge in [-0.1, -0.05) is 0 Å². The number of rotatable bonds is 4. The second kappa shape index (κ2) is 6.52. The van der Waals surface area contributed by atoms with Gasteiger partial charge in [0.25, 0.3) is 10.0 Å². The van der Waals surface area contributed by atoms with Gasteiger partial charge in [-0.25, -0.2) is 8.42 Å². The first kappa shape index (κ1) is 18.1. The Bertz CT molecular complexity index is 941. The van der Waals surface area contributed by atoms with Crippen LogP contribution in [0.4, 0.5) is 24.5 Å². The van der Waals surface area contributed by atoms with E-state index in [2.05, 4.69) is 14.8 Å². The molecule has 2 aromatic rings. The van der Waals surface area contributed by atoms with Crippen LogP contribution in [0.5, 0.6) is 5.75 Å². The Morgan fingerprint density at radius 3 is 2.38 bits per heavy atom. The van der Waals surface area contributed by atoms with Crippen LogP contribution in [-0.4, -0.2) is 20.7 Å². The summed E-state index contributed by atoms with van der Waals surface area (Å²) in [4.78, 5) is 11.1. The minimum atomic E-state index is -4.85. The van der Waals surface area contributed by atoms with Crippen LogP contribution in [-0.2, 0) is 21.2 Å². The first-order valence-electron chi connectivity index (χ1n) is 7.44. The second-order valence-corrected chi connectivity index (χ2v) is 7.23. The van der Waals surface area contributed by atoms with Gasteiger partial charge in [0.05, 0.1) is 4.90 Å². The van der Waals surface area contributed by atoms with Crippen LogP contribution in [0.2, 0.25) is 0 Å². The van der Waals surface area contributed by atoms with Gasteiger partial charge >= 0.3 is 6.36 Å². The molecule has 1 amide bonds. The first-order chi connectivity index (χ1) is 12.1. The first-order valence-corrected chi connectivity index (χ1v) is 8.92. The third kappa shape index (κ3) is 4.26. The number of fused-ring (bicyclic) bond motifs is 1. The largest absolute Gasteiger partial charge is 0.573 e. The van der Waals surface area contributed by atoms with Gasteiger partial charge in [-0.05, 0) is 54.4 Å². The highest BCUT2D eigenvalue weighted by Crippen LogP contribution is 2.28. The number of anilines is 2. The van der Waals surface area contributed by atoms with E-state index in [9.17, 15) is 26.4 Å². The molecule has 1 heterocycles. The molecule has 0 spiro atoms. The van der Waals surface area contributed by atoms with Gasteiger partial charge < -0.3 is 10.1 Å². The molecule has 0 radical (unpaired) electrons. The van der Waals surface area contributed by atoms with Crippen LogP contribution in [0.15, 0.2) is 47.4 Å². The van der Waals surface area contributed by atoms with Crippen molar-refractivity contribution in [3.8, 4) is 5.75 Å². The van der Waals surface area contributed by atoms with Crippen LogP contribution < -0.4 is 14.8 Å². The maximum atomic E-state index is 12.4. The Hall–Kier alpha value is -2.75. The van der Waals surface area contributed by atoms with Gasteiger partial charge in [0, 0.05) is 17.8 Å². The lowest BCUT2D eigenvalue weighted by Crippen LogP contribution is -2.19. The standard InChI is InChI=1S/C16H13F3N2O4S/c17-16(18,19)25-12-3-5-13(6-4-12)26(23,24)21-11-2-7-14-10(9-11)1-8-15(22)20-14/h2-7,9,21H,1,8H2,(H,20,22). The molecule has 0 bridgehead atoms. The number of aryl methyl sites for hydroxylation is 1. The van der Waals surface area contributed by atoms with E-state index < -0.39 is 22.1 Å². The Kier molecular flexibility index (Phi) is 4.53. The van der Waals surface area contributed by atoms with Crippen LogP contribution in [0.25, 0.3) is 0 Å². The molecule has 0 saturated carbocycles. The maximum Gasteiger partial charge on any atom is 0.573 e. The van der Waals surface area contributed by atoms with Gasteiger partial charge in [0.15, 0.2) is 0 Å². The molecule has 0 atom stereocenters. The van der Waals surface area contributed by atoms with Crippen molar-refractivity contribution in [2.45, 2.75) is 24.1 Å². The predicted octanol–water partition coefficient (Wildman–Crippen LogP) is 3.27. The number of sulfonamides is 1. The minimum Gasteiger partial charge on any atom is -0.406 e. The lowest BCUT2D eigenvalue weighted by molar-refractivity contribution is -0.274. The number of nitrogens with one attached hydrogen (secondary N) is 2. The second-order valence-electron chi connectivity index (χ2n) is 5.54. The van der Waals surface area contributed by atoms with Crippen molar-refractivity contribution in [1.29, 1.82) is 0 Å². The number of carbonyl (C=O) groups excluding carboxylic acids is 1. The van der Waals surface area contributed by atoms with Crippen molar-refractivity contribution in [1.82, 2.24) is 0 Å². The molecule has 0 aromatic heterocycles. The predicted molar refractivity (Wildman–Crippen MR) is 87.3 cm³/mol. The molecule has 0 aliphatic carbocycles. The van der Waals surface area contributed by atoms with Crippen molar-refractivity contribution >= 4 is 27.3 Å². The summed E-state index contributed by atoms with van der Waals surface area (Å²) < 4.78 is 67.3. The molecule has 3 rings (SSSR count). The maximum absolute atomic E-state index is 12.4. The SMILES string of the molecule is O=C1CCc2cc(NS(=O)(=O)c3ccc(OC(F)(F)F)cc3)ccc2N1. The van der Waals surface area contributed by atoms with Crippen LogP contribution >= 0.6 is 0 Å². The van der Waals surface area contributed by atoms with Crippen LogP contribution in [0.1, 0.15) is 12.0 Å². The van der Waals surface area contributed by atoms with Gasteiger partial charge in [-0.2, -0.15) is 0 Å². The molecular formula is C16H13F3N2O4S. The van der Waals surface area contributed by atoms with E-state index in [1.807, 2.05) is 0 Å². The molecule has 2 N–H and O–H groups in total. The summed E-state index contributed by atoms with van der Waals surface area (Å²) in [6.07, 6.45) is -4.05. The van der Waals surface area contributed by atoms with Crippen LogP contribution in [0.3, 0.4) is 0 Å². The van der Waals surface area contributed by atoms with E-state index in [-0.39, 0.29) is 16.5 Å². The molecule has 1 aliphatic heterocycles. The molecular weight excluding hydrogens is 373 g/mol. The monoisotopic (exact) mass is 386 g/mol. The zero-order chi connectivity index (χ0) is 18.9. The lowest BCUT2D eigenvalue weighted by Gasteiger charge is -2.18. The summed E-state index contributed by atoms with van der Waals surface area (Å²) in [5, 5.41) is 2.68. The number of carbonyl (C=O) groups is 1. The quantitative estimate of drug-likeness (QED) is 0.845. The molecule has 0 unspecified atom stereocenters. The Labute approximate surface area is 147 Å². The number of alkyl halides is 3. The molecule has 0 fully saturated rings. The summed E-state index contributed by atoms with van der Waals surface area (Å²) >= 11 is 0. The fraction of sp³-hybridized carbons (Fsp3) is 0.188.